The first-order valence-corrected chi connectivity index (χ1v) is 13.6. The first kappa shape index (κ1) is 30.7. The smallest absolute Gasteiger partial charge is 0.219 e. The molecule has 0 N–H and O–H groups in total. The second-order valence-electron chi connectivity index (χ2n) is 8.24. The van der Waals surface area contributed by atoms with Gasteiger partial charge in [0.25, 0.3) is 0 Å². The summed E-state index contributed by atoms with van der Waals surface area (Å²) in [4.78, 5) is 21.8. The summed E-state index contributed by atoms with van der Waals surface area (Å²) < 4.78 is 18.1. The Balaban J connectivity index is 0.00000121. The quantitative estimate of drug-likeness (QED) is 0.433. The third-order valence-corrected chi connectivity index (χ3v) is 5.80. The van der Waals surface area contributed by atoms with E-state index in [1.807, 2.05) is 92.4 Å². The predicted octanol–water partition coefficient (Wildman–Crippen LogP) is 5.07. The predicted molar refractivity (Wildman–Crippen MR) is 155 cm³/mol. The summed E-state index contributed by atoms with van der Waals surface area (Å²) in [6.45, 7) is 14.7. The molecule has 0 radical (unpaired) electrons. The Morgan fingerprint density at radius 1 is 0.868 bits per heavy atom. The van der Waals surface area contributed by atoms with Crippen molar-refractivity contribution in [3.63, 3.8) is 0 Å². The Morgan fingerprint density at radius 2 is 1.47 bits per heavy atom. The van der Waals surface area contributed by atoms with E-state index in [0.717, 1.165) is 43.4 Å². The number of nitrogens with zero attached hydrogens (tertiary/aromatic N) is 4. The SMILES string of the molecule is CC.CC.CC(=O)N1CCN(c2ccc(OCC(COc3ccccc3)OCN3C=CN=CC3)cc2)CC1. The van der Waals surface area contributed by atoms with Gasteiger partial charge in [0.05, 0.1) is 6.54 Å². The molecule has 208 valence electrons. The largest absolute Gasteiger partial charge is 0.491 e. The monoisotopic (exact) mass is 524 g/mol. The van der Waals surface area contributed by atoms with Crippen LogP contribution in [-0.4, -0.2) is 80.7 Å². The highest BCUT2D eigenvalue weighted by Crippen LogP contribution is 2.21. The Morgan fingerprint density at radius 3 is 2.03 bits per heavy atom. The average molecular weight is 525 g/mol. The van der Waals surface area contributed by atoms with Gasteiger partial charge in [-0.15, -0.1) is 0 Å². The molecule has 1 amide bonds. The number of aliphatic imine (C=N–C) groups is 1. The Hall–Kier alpha value is -3.52. The van der Waals surface area contributed by atoms with Gasteiger partial charge < -0.3 is 28.9 Å². The van der Waals surface area contributed by atoms with Gasteiger partial charge in [0.1, 0.15) is 37.5 Å². The van der Waals surface area contributed by atoms with Crippen molar-refractivity contribution < 1.29 is 19.0 Å². The van der Waals surface area contributed by atoms with Crippen LogP contribution in [0.2, 0.25) is 0 Å². The fraction of sp³-hybridized carbons (Fsp3) is 0.467. The van der Waals surface area contributed by atoms with Crippen molar-refractivity contribution >= 4 is 17.8 Å². The van der Waals surface area contributed by atoms with Crippen LogP contribution in [0.3, 0.4) is 0 Å². The summed E-state index contributed by atoms with van der Waals surface area (Å²) >= 11 is 0. The zero-order valence-corrected chi connectivity index (χ0v) is 23.6. The average Bonchev–Trinajstić information content (AvgIpc) is 3.00. The molecule has 1 unspecified atom stereocenters. The van der Waals surface area contributed by atoms with Gasteiger partial charge in [0.15, 0.2) is 0 Å². The highest BCUT2D eigenvalue weighted by molar-refractivity contribution is 5.73. The molecule has 0 spiro atoms. The minimum Gasteiger partial charge on any atom is -0.491 e. The molecule has 8 nitrogen and oxygen atoms in total. The molecule has 4 rings (SSSR count). The zero-order valence-electron chi connectivity index (χ0n) is 23.6. The van der Waals surface area contributed by atoms with E-state index in [2.05, 4.69) is 22.0 Å². The zero-order chi connectivity index (χ0) is 27.6. The van der Waals surface area contributed by atoms with Gasteiger partial charge in [-0.2, -0.15) is 0 Å². The summed E-state index contributed by atoms with van der Waals surface area (Å²) in [7, 11) is 0. The van der Waals surface area contributed by atoms with E-state index in [0.29, 0.717) is 26.5 Å². The molecule has 1 fully saturated rings. The van der Waals surface area contributed by atoms with E-state index in [4.69, 9.17) is 14.2 Å². The van der Waals surface area contributed by atoms with Gasteiger partial charge in [-0.1, -0.05) is 45.9 Å². The minimum atomic E-state index is -0.244. The molecule has 0 aromatic heterocycles. The number of carbonyl (C=O) groups excluding carboxylic acids is 1. The molecule has 1 atom stereocenters. The Labute approximate surface area is 228 Å². The fourth-order valence-electron chi connectivity index (χ4n) is 3.78. The first-order valence-electron chi connectivity index (χ1n) is 13.6. The van der Waals surface area contributed by atoms with Gasteiger partial charge in [-0.3, -0.25) is 9.79 Å². The molecular weight excluding hydrogens is 480 g/mol. The number of hydrogen-bond donors (Lipinski definition) is 0. The van der Waals surface area contributed by atoms with Crippen molar-refractivity contribution in [1.82, 2.24) is 9.80 Å². The number of amides is 1. The van der Waals surface area contributed by atoms with Crippen LogP contribution in [0, 0.1) is 0 Å². The lowest BCUT2D eigenvalue weighted by atomic mass is 10.2. The molecule has 2 heterocycles. The summed E-state index contributed by atoms with van der Waals surface area (Å²) in [5.74, 6) is 1.72. The molecule has 1 saturated heterocycles. The lowest BCUT2D eigenvalue weighted by Gasteiger charge is -2.35. The van der Waals surface area contributed by atoms with Gasteiger partial charge in [-0.25, -0.2) is 0 Å². The third kappa shape index (κ3) is 10.5. The van der Waals surface area contributed by atoms with Crippen molar-refractivity contribution in [2.24, 2.45) is 4.99 Å². The number of benzene rings is 2. The van der Waals surface area contributed by atoms with E-state index in [1.165, 1.54) is 0 Å². The number of carbonyl (C=O) groups is 1. The molecule has 0 aliphatic carbocycles. The minimum absolute atomic E-state index is 0.140. The lowest BCUT2D eigenvalue weighted by molar-refractivity contribution is -0.129. The van der Waals surface area contributed by atoms with Gasteiger partial charge >= 0.3 is 0 Å². The Kier molecular flexibility index (Phi) is 14.4. The number of ether oxygens (including phenoxy) is 3. The molecular formula is C30H44N4O4. The summed E-state index contributed by atoms with van der Waals surface area (Å²) in [5.41, 5.74) is 1.13. The maximum absolute atomic E-state index is 11.5. The molecule has 2 aliphatic rings. The number of para-hydroxylation sites is 1. The molecule has 2 aliphatic heterocycles. The maximum atomic E-state index is 11.5. The normalized spacial score (nSPS) is 15.0. The van der Waals surface area contributed by atoms with Gasteiger partial charge in [-0.05, 0) is 36.4 Å². The summed E-state index contributed by atoms with van der Waals surface area (Å²) in [5, 5.41) is 0. The van der Waals surface area contributed by atoms with Crippen LogP contribution in [0.1, 0.15) is 34.6 Å². The second-order valence-corrected chi connectivity index (χ2v) is 8.24. The molecule has 0 saturated carbocycles. The van der Waals surface area contributed by atoms with E-state index >= 15 is 0 Å². The van der Waals surface area contributed by atoms with Crippen molar-refractivity contribution in [3.8, 4) is 11.5 Å². The van der Waals surface area contributed by atoms with E-state index in [-0.39, 0.29) is 12.0 Å². The van der Waals surface area contributed by atoms with Crippen LogP contribution in [0.5, 0.6) is 11.5 Å². The number of rotatable bonds is 10. The molecule has 38 heavy (non-hydrogen) atoms. The van der Waals surface area contributed by atoms with Crippen LogP contribution in [-0.2, 0) is 9.53 Å². The van der Waals surface area contributed by atoms with Crippen LogP contribution < -0.4 is 14.4 Å². The molecule has 8 heteroatoms. The second kappa shape index (κ2) is 17.9. The van der Waals surface area contributed by atoms with Crippen molar-refractivity contribution in [3.05, 3.63) is 67.0 Å². The van der Waals surface area contributed by atoms with E-state index in [1.54, 1.807) is 13.1 Å². The summed E-state index contributed by atoms with van der Waals surface area (Å²) in [6, 6.07) is 17.8. The fourth-order valence-corrected chi connectivity index (χ4v) is 3.78. The highest BCUT2D eigenvalue weighted by Gasteiger charge is 2.19. The number of hydrogen-bond acceptors (Lipinski definition) is 7. The van der Waals surface area contributed by atoms with Crippen molar-refractivity contribution in [1.29, 1.82) is 0 Å². The standard InChI is InChI=1S/C26H32N4O4.2C2H6/c1-22(31)29-15-17-30(18-16-29)23-7-9-25(10-8-23)33-20-26(19-32-24-5-3-2-4-6-24)34-21-28-13-11-27-12-14-28;2*1-2/h2-13,26H,14-21H2,1H3;2*1-2H3. The molecule has 0 bridgehead atoms. The first-order chi connectivity index (χ1) is 18.7. The van der Waals surface area contributed by atoms with Gasteiger partial charge in [0, 0.05) is 57.4 Å². The van der Waals surface area contributed by atoms with Crippen molar-refractivity contribution in [2.45, 2.75) is 40.7 Å². The van der Waals surface area contributed by atoms with Crippen LogP contribution >= 0.6 is 0 Å². The molecule has 2 aromatic carbocycles. The topological polar surface area (TPSA) is 66.8 Å². The summed E-state index contributed by atoms with van der Waals surface area (Å²) in [6.07, 6.45) is 5.26. The third-order valence-electron chi connectivity index (χ3n) is 5.80. The number of piperazine rings is 1. The lowest BCUT2D eigenvalue weighted by Crippen LogP contribution is -2.48. The number of anilines is 1. The van der Waals surface area contributed by atoms with Gasteiger partial charge in [0.2, 0.25) is 5.91 Å². The molecule has 2 aromatic rings. The Bertz CT molecular complexity index is 958. The van der Waals surface area contributed by atoms with E-state index < -0.39 is 0 Å². The van der Waals surface area contributed by atoms with Crippen LogP contribution in [0.25, 0.3) is 0 Å². The van der Waals surface area contributed by atoms with E-state index in [9.17, 15) is 4.79 Å². The maximum Gasteiger partial charge on any atom is 0.219 e. The van der Waals surface area contributed by atoms with Crippen molar-refractivity contribution in [2.75, 3.05) is 57.6 Å². The highest BCUT2D eigenvalue weighted by atomic mass is 16.6. The van der Waals surface area contributed by atoms with Crippen LogP contribution in [0.15, 0.2) is 72.0 Å². The van der Waals surface area contributed by atoms with Crippen LogP contribution in [0.4, 0.5) is 5.69 Å².